The molecule has 0 spiro atoms. The highest BCUT2D eigenvalue weighted by Crippen LogP contribution is 2.16. The van der Waals surface area contributed by atoms with Crippen LogP contribution in [0.15, 0.2) is 0 Å². The Hall–Kier alpha value is -0.0900. The van der Waals surface area contributed by atoms with Crippen LogP contribution in [0.1, 0.15) is 19.8 Å². The van der Waals surface area contributed by atoms with E-state index in [2.05, 4.69) is 22.9 Å². The molecular weight excluding hydrogens is 234 g/mol. The van der Waals surface area contributed by atoms with Crippen LogP contribution in [0.3, 0.4) is 0 Å². The molecule has 0 aliphatic carbocycles. The molecule has 76 valence electrons. The highest BCUT2D eigenvalue weighted by atomic mass is 79.9. The van der Waals surface area contributed by atoms with Gasteiger partial charge in [0.15, 0.2) is 0 Å². The summed E-state index contributed by atoms with van der Waals surface area (Å²) in [5, 5.41) is 10.2. The molecule has 1 rings (SSSR count). The van der Waals surface area contributed by atoms with Crippen molar-refractivity contribution in [3.8, 4) is 0 Å². The lowest BCUT2D eigenvalue weighted by Crippen LogP contribution is -2.45. The summed E-state index contributed by atoms with van der Waals surface area (Å²) in [6, 6.07) is 0. The number of carbonyl (C=O) groups is 1. The number of aliphatic hydroxyl groups excluding tert-OH is 1. The Morgan fingerprint density at radius 1 is 1.62 bits per heavy atom. The van der Waals surface area contributed by atoms with Gasteiger partial charge in [0.1, 0.15) is 0 Å². The predicted molar refractivity (Wildman–Crippen MR) is 54.8 cm³/mol. The molecule has 1 heterocycles. The van der Waals surface area contributed by atoms with Crippen molar-refractivity contribution >= 4 is 21.8 Å². The third-order valence-corrected chi connectivity index (χ3v) is 2.70. The lowest BCUT2D eigenvalue weighted by atomic mass is 9.98. The number of nitrogens with zero attached hydrogens (tertiary/aromatic N) is 1. The maximum atomic E-state index is 11.5. The van der Waals surface area contributed by atoms with E-state index < -0.39 is 0 Å². The van der Waals surface area contributed by atoms with Crippen LogP contribution in [0.4, 0.5) is 0 Å². The predicted octanol–water partition coefficient (Wildman–Crippen LogP) is 1.00. The minimum atomic E-state index is -0.331. The van der Waals surface area contributed by atoms with Gasteiger partial charge in [-0.1, -0.05) is 22.9 Å². The molecule has 3 nitrogen and oxygen atoms in total. The standard InChI is InChI=1S/C9H16BrNO2/c1-7-4-8(12)6-11(5-7)9(13)2-3-10/h7-8,12H,2-6H2,1H3/t7-,8+/m1/s1. The van der Waals surface area contributed by atoms with Crippen LogP contribution in [0.2, 0.25) is 0 Å². The summed E-state index contributed by atoms with van der Waals surface area (Å²) in [5.74, 6) is 0.561. The van der Waals surface area contributed by atoms with Crippen molar-refractivity contribution in [2.75, 3.05) is 18.4 Å². The van der Waals surface area contributed by atoms with Crippen molar-refractivity contribution in [1.29, 1.82) is 0 Å². The van der Waals surface area contributed by atoms with E-state index in [1.165, 1.54) is 0 Å². The van der Waals surface area contributed by atoms with Crippen LogP contribution < -0.4 is 0 Å². The minimum Gasteiger partial charge on any atom is -0.391 e. The van der Waals surface area contributed by atoms with Gasteiger partial charge in [-0.3, -0.25) is 4.79 Å². The van der Waals surface area contributed by atoms with E-state index in [1.54, 1.807) is 4.90 Å². The second kappa shape index (κ2) is 4.96. The van der Waals surface area contributed by atoms with Crippen LogP contribution in [0.5, 0.6) is 0 Å². The van der Waals surface area contributed by atoms with Crippen LogP contribution in [-0.2, 0) is 4.79 Å². The quantitative estimate of drug-likeness (QED) is 0.743. The van der Waals surface area contributed by atoms with E-state index in [4.69, 9.17) is 0 Å². The summed E-state index contributed by atoms with van der Waals surface area (Å²) >= 11 is 3.24. The molecule has 0 saturated carbocycles. The molecule has 2 atom stereocenters. The zero-order valence-corrected chi connectivity index (χ0v) is 9.46. The van der Waals surface area contributed by atoms with Gasteiger partial charge >= 0.3 is 0 Å². The van der Waals surface area contributed by atoms with Gasteiger partial charge < -0.3 is 10.0 Å². The SMILES string of the molecule is C[C@@H]1C[C@H](O)CN(C(=O)CCBr)C1. The fourth-order valence-electron chi connectivity index (χ4n) is 1.76. The Balaban J connectivity index is 2.45. The van der Waals surface area contributed by atoms with E-state index in [1.807, 2.05) is 0 Å². The van der Waals surface area contributed by atoms with Gasteiger partial charge in [0.25, 0.3) is 0 Å². The molecule has 1 N–H and O–H groups in total. The first-order valence-electron chi connectivity index (χ1n) is 4.65. The number of carbonyl (C=O) groups excluding carboxylic acids is 1. The molecule has 0 aromatic rings. The molecule has 13 heavy (non-hydrogen) atoms. The Morgan fingerprint density at radius 3 is 2.85 bits per heavy atom. The summed E-state index contributed by atoms with van der Waals surface area (Å²) in [6.07, 6.45) is 1.01. The van der Waals surface area contributed by atoms with E-state index in [0.29, 0.717) is 24.2 Å². The molecule has 0 bridgehead atoms. The minimum absolute atomic E-state index is 0.141. The number of β-amino-alcohol motifs (C(OH)–C–C–N with tert-alkyl or cyclic N) is 1. The van der Waals surface area contributed by atoms with E-state index in [9.17, 15) is 9.90 Å². The number of hydrogen-bond acceptors (Lipinski definition) is 2. The zero-order valence-electron chi connectivity index (χ0n) is 7.87. The molecular formula is C9H16BrNO2. The number of rotatable bonds is 2. The first-order valence-corrected chi connectivity index (χ1v) is 5.77. The monoisotopic (exact) mass is 249 g/mol. The van der Waals surface area contributed by atoms with Crippen LogP contribution in [-0.4, -0.2) is 40.4 Å². The third kappa shape index (κ3) is 3.27. The Morgan fingerprint density at radius 2 is 2.31 bits per heavy atom. The highest BCUT2D eigenvalue weighted by Gasteiger charge is 2.25. The van der Waals surface area contributed by atoms with Crippen molar-refractivity contribution in [2.24, 2.45) is 5.92 Å². The molecule has 1 aliphatic heterocycles. The number of amides is 1. The summed E-state index contributed by atoms with van der Waals surface area (Å²) in [5.41, 5.74) is 0. The summed E-state index contributed by atoms with van der Waals surface area (Å²) < 4.78 is 0. The average molecular weight is 250 g/mol. The number of halogens is 1. The van der Waals surface area contributed by atoms with Gasteiger partial charge in [0, 0.05) is 24.8 Å². The molecule has 1 saturated heterocycles. The molecule has 0 aromatic heterocycles. The normalized spacial score (nSPS) is 29.0. The summed E-state index contributed by atoms with van der Waals surface area (Å²) in [4.78, 5) is 13.2. The van der Waals surface area contributed by atoms with Crippen molar-refractivity contribution in [2.45, 2.75) is 25.9 Å². The average Bonchev–Trinajstić information content (AvgIpc) is 2.03. The lowest BCUT2D eigenvalue weighted by molar-refractivity contribution is -0.135. The molecule has 0 aromatic carbocycles. The lowest BCUT2D eigenvalue weighted by Gasteiger charge is -2.34. The fourth-order valence-corrected chi connectivity index (χ4v) is 2.10. The van der Waals surface area contributed by atoms with E-state index >= 15 is 0 Å². The van der Waals surface area contributed by atoms with Gasteiger partial charge in [-0.2, -0.15) is 0 Å². The summed E-state index contributed by atoms with van der Waals surface area (Å²) in [6.45, 7) is 3.37. The maximum absolute atomic E-state index is 11.5. The van der Waals surface area contributed by atoms with Crippen molar-refractivity contribution in [3.05, 3.63) is 0 Å². The second-order valence-electron chi connectivity index (χ2n) is 3.73. The summed E-state index contributed by atoms with van der Waals surface area (Å²) in [7, 11) is 0. The van der Waals surface area contributed by atoms with Crippen LogP contribution in [0, 0.1) is 5.92 Å². The first-order chi connectivity index (χ1) is 6.13. The largest absolute Gasteiger partial charge is 0.391 e. The Kier molecular flexibility index (Phi) is 4.19. The topological polar surface area (TPSA) is 40.5 Å². The van der Waals surface area contributed by atoms with Gasteiger partial charge in [-0.25, -0.2) is 0 Å². The molecule has 0 radical (unpaired) electrons. The van der Waals surface area contributed by atoms with Crippen molar-refractivity contribution in [1.82, 2.24) is 4.90 Å². The van der Waals surface area contributed by atoms with Crippen molar-refractivity contribution < 1.29 is 9.90 Å². The van der Waals surface area contributed by atoms with Gasteiger partial charge in [-0.05, 0) is 12.3 Å². The Bertz CT molecular complexity index is 176. The fraction of sp³-hybridized carbons (Fsp3) is 0.889. The van der Waals surface area contributed by atoms with Crippen molar-refractivity contribution in [3.63, 3.8) is 0 Å². The van der Waals surface area contributed by atoms with Crippen LogP contribution in [0.25, 0.3) is 0 Å². The zero-order chi connectivity index (χ0) is 9.84. The first kappa shape index (κ1) is 11.0. The number of likely N-dealkylation sites (tertiary alicyclic amines) is 1. The van der Waals surface area contributed by atoms with E-state index in [-0.39, 0.29) is 12.0 Å². The number of piperidine rings is 1. The number of hydrogen-bond donors (Lipinski definition) is 1. The van der Waals surface area contributed by atoms with Crippen LogP contribution >= 0.6 is 15.9 Å². The van der Waals surface area contributed by atoms with Gasteiger partial charge in [-0.15, -0.1) is 0 Å². The van der Waals surface area contributed by atoms with E-state index in [0.717, 1.165) is 13.0 Å². The number of alkyl halides is 1. The molecule has 0 unspecified atom stereocenters. The van der Waals surface area contributed by atoms with Gasteiger partial charge in [0.05, 0.1) is 6.10 Å². The Labute approximate surface area is 87.2 Å². The highest BCUT2D eigenvalue weighted by molar-refractivity contribution is 9.09. The molecule has 4 heteroatoms. The smallest absolute Gasteiger partial charge is 0.223 e. The maximum Gasteiger partial charge on any atom is 0.223 e. The number of aliphatic hydroxyl groups is 1. The van der Waals surface area contributed by atoms with Gasteiger partial charge in [0.2, 0.25) is 5.91 Å². The second-order valence-corrected chi connectivity index (χ2v) is 4.53. The molecule has 1 fully saturated rings. The molecule has 1 amide bonds. The molecule has 1 aliphatic rings. The third-order valence-electron chi connectivity index (χ3n) is 2.30.